The van der Waals surface area contributed by atoms with Gasteiger partial charge in [0, 0.05) is 37.8 Å². The highest BCUT2D eigenvalue weighted by molar-refractivity contribution is 6.20. The summed E-state index contributed by atoms with van der Waals surface area (Å²) in [5, 5.41) is 4.57. The normalized spacial score (nSPS) is 32.8. The van der Waals surface area contributed by atoms with Crippen LogP contribution in [0.15, 0.2) is 12.4 Å². The fraction of sp³-hybridized carbons (Fsp3) is 0.786. The summed E-state index contributed by atoms with van der Waals surface area (Å²) in [6, 6.07) is 0.407. The Balaban J connectivity index is 1.73. The van der Waals surface area contributed by atoms with E-state index in [-0.39, 0.29) is 11.0 Å². The molecule has 19 heavy (non-hydrogen) atoms. The zero-order valence-electron chi connectivity index (χ0n) is 11.3. The van der Waals surface area contributed by atoms with Crippen LogP contribution in [-0.2, 0) is 9.47 Å². The molecule has 2 aliphatic heterocycles. The second-order valence-corrected chi connectivity index (χ2v) is 6.14. The molecule has 0 aromatic carbocycles. The molecule has 1 aromatic heterocycles. The summed E-state index contributed by atoms with van der Waals surface area (Å²) in [7, 11) is 0. The van der Waals surface area contributed by atoms with Crippen LogP contribution >= 0.6 is 11.6 Å². The summed E-state index contributed by atoms with van der Waals surface area (Å²) in [5.74, 6) is 0. The van der Waals surface area contributed by atoms with Crippen LogP contribution in [0.4, 0.5) is 0 Å². The molecule has 106 valence electrons. The lowest BCUT2D eigenvalue weighted by atomic mass is 9.90. The minimum Gasteiger partial charge on any atom is -0.378 e. The third kappa shape index (κ3) is 2.67. The first-order chi connectivity index (χ1) is 9.22. The van der Waals surface area contributed by atoms with E-state index in [9.17, 15) is 0 Å². The maximum absolute atomic E-state index is 6.27. The van der Waals surface area contributed by atoms with Gasteiger partial charge >= 0.3 is 0 Å². The molecule has 3 atom stereocenters. The number of hydrogen-bond acceptors (Lipinski definition) is 3. The lowest BCUT2D eigenvalue weighted by Gasteiger charge is -2.37. The van der Waals surface area contributed by atoms with Gasteiger partial charge in [-0.1, -0.05) is 6.92 Å². The Morgan fingerprint density at radius 3 is 3.21 bits per heavy atom. The maximum atomic E-state index is 6.27. The van der Waals surface area contributed by atoms with E-state index in [1.807, 2.05) is 6.20 Å². The Labute approximate surface area is 119 Å². The molecule has 0 bridgehead atoms. The summed E-state index contributed by atoms with van der Waals surface area (Å²) in [4.78, 5) is 0. The molecule has 3 heterocycles. The van der Waals surface area contributed by atoms with Gasteiger partial charge in [-0.15, -0.1) is 11.6 Å². The third-order valence-corrected chi connectivity index (χ3v) is 4.81. The summed E-state index contributed by atoms with van der Waals surface area (Å²) in [6.45, 7) is 4.43. The van der Waals surface area contributed by atoms with E-state index in [2.05, 4.69) is 22.9 Å². The van der Waals surface area contributed by atoms with Crippen molar-refractivity contribution >= 4 is 11.6 Å². The molecule has 2 fully saturated rings. The minimum atomic E-state index is -0.0693. The number of hydrogen-bond donors (Lipinski definition) is 0. The van der Waals surface area contributed by atoms with E-state index in [1.165, 1.54) is 0 Å². The van der Waals surface area contributed by atoms with Gasteiger partial charge in [-0.3, -0.25) is 4.68 Å². The monoisotopic (exact) mass is 284 g/mol. The van der Waals surface area contributed by atoms with Crippen LogP contribution in [0.2, 0.25) is 0 Å². The summed E-state index contributed by atoms with van der Waals surface area (Å²) in [5.41, 5.74) is 1.05. The Kier molecular flexibility index (Phi) is 3.83. The van der Waals surface area contributed by atoms with Gasteiger partial charge in [-0.2, -0.15) is 5.10 Å². The van der Waals surface area contributed by atoms with Crippen molar-refractivity contribution in [2.24, 2.45) is 0 Å². The molecule has 2 aliphatic rings. The van der Waals surface area contributed by atoms with Crippen LogP contribution in [0.5, 0.6) is 0 Å². The van der Waals surface area contributed by atoms with Gasteiger partial charge in [-0.25, -0.2) is 0 Å². The first-order valence-corrected chi connectivity index (χ1v) is 7.56. The molecule has 0 amide bonds. The quantitative estimate of drug-likeness (QED) is 0.800. The van der Waals surface area contributed by atoms with Crippen molar-refractivity contribution in [1.29, 1.82) is 0 Å². The van der Waals surface area contributed by atoms with Crippen molar-refractivity contribution in [1.82, 2.24) is 9.78 Å². The van der Waals surface area contributed by atoms with Crippen LogP contribution in [-0.4, -0.2) is 35.2 Å². The highest BCUT2D eigenvalue weighted by Crippen LogP contribution is 2.38. The highest BCUT2D eigenvalue weighted by Gasteiger charge is 2.41. The minimum absolute atomic E-state index is 0.0670. The zero-order valence-corrected chi connectivity index (χ0v) is 12.1. The Bertz CT molecular complexity index is 429. The van der Waals surface area contributed by atoms with E-state index in [0.29, 0.717) is 6.04 Å². The highest BCUT2D eigenvalue weighted by atomic mass is 35.5. The number of alkyl halides is 1. The lowest BCUT2D eigenvalue weighted by Crippen LogP contribution is -2.41. The molecule has 4 nitrogen and oxygen atoms in total. The Morgan fingerprint density at radius 2 is 2.47 bits per heavy atom. The number of halogens is 1. The summed E-state index contributed by atoms with van der Waals surface area (Å²) < 4.78 is 13.5. The van der Waals surface area contributed by atoms with Crippen molar-refractivity contribution < 1.29 is 9.47 Å². The van der Waals surface area contributed by atoms with E-state index in [1.54, 1.807) is 0 Å². The molecule has 3 unspecified atom stereocenters. The molecule has 1 spiro atoms. The first kappa shape index (κ1) is 13.4. The van der Waals surface area contributed by atoms with E-state index in [4.69, 9.17) is 21.1 Å². The van der Waals surface area contributed by atoms with Crippen molar-refractivity contribution in [3.63, 3.8) is 0 Å². The largest absolute Gasteiger partial charge is 0.378 e. The topological polar surface area (TPSA) is 36.3 Å². The van der Waals surface area contributed by atoms with Gasteiger partial charge in [0.05, 0.1) is 29.8 Å². The van der Waals surface area contributed by atoms with Crippen LogP contribution in [0, 0.1) is 0 Å². The van der Waals surface area contributed by atoms with Gasteiger partial charge < -0.3 is 9.47 Å². The van der Waals surface area contributed by atoms with Crippen LogP contribution in [0.3, 0.4) is 0 Å². The first-order valence-electron chi connectivity index (χ1n) is 7.12. The second kappa shape index (κ2) is 5.43. The molecule has 1 aromatic rings. The summed E-state index contributed by atoms with van der Waals surface area (Å²) >= 11 is 6.27. The van der Waals surface area contributed by atoms with Crippen molar-refractivity contribution in [2.45, 2.75) is 49.6 Å². The number of rotatable bonds is 3. The van der Waals surface area contributed by atoms with Gasteiger partial charge in [0.25, 0.3) is 0 Å². The van der Waals surface area contributed by atoms with Crippen LogP contribution < -0.4 is 0 Å². The van der Waals surface area contributed by atoms with Crippen molar-refractivity contribution in [2.75, 3.05) is 19.8 Å². The number of nitrogens with zero attached hydrogens (tertiary/aromatic N) is 2. The molecule has 0 saturated carbocycles. The Hall–Kier alpha value is -0.580. The van der Waals surface area contributed by atoms with Crippen LogP contribution in [0.1, 0.15) is 49.6 Å². The van der Waals surface area contributed by atoms with Gasteiger partial charge in [0.2, 0.25) is 0 Å². The fourth-order valence-electron chi connectivity index (χ4n) is 3.04. The zero-order chi connectivity index (χ0) is 13.3. The third-order valence-electron chi connectivity index (χ3n) is 4.25. The molecule has 2 saturated heterocycles. The average molecular weight is 285 g/mol. The van der Waals surface area contributed by atoms with E-state index in [0.717, 1.165) is 51.1 Å². The molecule has 0 aliphatic carbocycles. The molecular formula is C14H21ClN2O2. The van der Waals surface area contributed by atoms with E-state index >= 15 is 0 Å². The van der Waals surface area contributed by atoms with E-state index < -0.39 is 0 Å². The van der Waals surface area contributed by atoms with Gasteiger partial charge in [-0.05, 0) is 12.8 Å². The molecule has 0 radical (unpaired) electrons. The van der Waals surface area contributed by atoms with Gasteiger partial charge in [0.15, 0.2) is 0 Å². The number of aromatic nitrogens is 2. The fourth-order valence-corrected chi connectivity index (χ4v) is 3.15. The SMILES string of the molecule is CCC(Cl)c1cnn(C2CCOC3(CCOC3)C2)c1. The smallest absolute Gasteiger partial charge is 0.0957 e. The lowest BCUT2D eigenvalue weighted by molar-refractivity contribution is -0.0962. The van der Waals surface area contributed by atoms with Crippen molar-refractivity contribution in [3.8, 4) is 0 Å². The molecule has 3 rings (SSSR count). The molecule has 5 heteroatoms. The standard InChI is InChI=1S/C14H21ClN2O2/c1-2-13(15)11-8-16-17(9-11)12-3-5-19-14(7-12)4-6-18-10-14/h8-9,12-13H,2-7,10H2,1H3. The Morgan fingerprint density at radius 1 is 1.58 bits per heavy atom. The predicted octanol–water partition coefficient (Wildman–Crippen LogP) is 3.08. The second-order valence-electron chi connectivity index (χ2n) is 5.61. The summed E-state index contributed by atoms with van der Waals surface area (Å²) in [6.07, 6.45) is 7.94. The maximum Gasteiger partial charge on any atom is 0.0957 e. The number of ether oxygens (including phenoxy) is 2. The van der Waals surface area contributed by atoms with Gasteiger partial charge in [0.1, 0.15) is 0 Å². The molecular weight excluding hydrogens is 264 g/mol. The van der Waals surface area contributed by atoms with Crippen molar-refractivity contribution in [3.05, 3.63) is 18.0 Å². The predicted molar refractivity (Wildman–Crippen MR) is 73.5 cm³/mol. The van der Waals surface area contributed by atoms with Crippen LogP contribution in [0.25, 0.3) is 0 Å². The molecule has 0 N–H and O–H groups in total. The average Bonchev–Trinajstić information content (AvgIpc) is 3.08.